The second kappa shape index (κ2) is 3.30. The number of allylic oxidation sites excluding steroid dienone is 1. The third kappa shape index (κ3) is 1.14. The summed E-state index contributed by atoms with van der Waals surface area (Å²) in [6, 6.07) is 1.32. The van der Waals surface area contributed by atoms with Gasteiger partial charge in [0.05, 0.1) is 12.1 Å². The lowest BCUT2D eigenvalue weighted by Crippen LogP contribution is -2.38. The molecule has 0 radical (unpaired) electrons. The first-order chi connectivity index (χ1) is 6.90. The SMILES string of the molecule is CCC1=CSC2=NC3CCCCC3N12. The summed E-state index contributed by atoms with van der Waals surface area (Å²) in [5.41, 5.74) is 1.49. The van der Waals surface area contributed by atoms with Crippen molar-refractivity contribution in [2.24, 2.45) is 4.99 Å². The maximum Gasteiger partial charge on any atom is 0.168 e. The molecule has 1 aliphatic carbocycles. The number of hydrogen-bond donors (Lipinski definition) is 0. The predicted molar refractivity (Wildman–Crippen MR) is 61.3 cm³/mol. The second-order valence-corrected chi connectivity index (χ2v) is 5.12. The summed E-state index contributed by atoms with van der Waals surface area (Å²) in [6.45, 7) is 2.24. The van der Waals surface area contributed by atoms with Crippen LogP contribution in [0.3, 0.4) is 0 Å². The van der Waals surface area contributed by atoms with Gasteiger partial charge in [0.15, 0.2) is 5.17 Å². The van der Waals surface area contributed by atoms with Gasteiger partial charge in [-0.3, -0.25) is 4.99 Å². The molecule has 3 rings (SSSR count). The Morgan fingerprint density at radius 1 is 1.50 bits per heavy atom. The van der Waals surface area contributed by atoms with Gasteiger partial charge < -0.3 is 4.90 Å². The molecule has 0 aromatic heterocycles. The summed E-state index contributed by atoms with van der Waals surface area (Å²) in [5, 5.41) is 3.56. The highest BCUT2D eigenvalue weighted by Gasteiger charge is 2.40. The van der Waals surface area contributed by atoms with E-state index in [9.17, 15) is 0 Å². The first-order valence-electron chi connectivity index (χ1n) is 5.63. The zero-order valence-electron chi connectivity index (χ0n) is 8.57. The Morgan fingerprint density at radius 3 is 3.21 bits per heavy atom. The van der Waals surface area contributed by atoms with Gasteiger partial charge in [0.1, 0.15) is 0 Å². The Hall–Kier alpha value is -0.440. The highest BCUT2D eigenvalue weighted by molar-refractivity contribution is 8.16. The van der Waals surface area contributed by atoms with Crippen LogP contribution in [0.2, 0.25) is 0 Å². The van der Waals surface area contributed by atoms with Crippen molar-refractivity contribution < 1.29 is 0 Å². The monoisotopic (exact) mass is 208 g/mol. The number of fused-ring (bicyclic) bond motifs is 3. The molecular weight excluding hydrogens is 192 g/mol. The van der Waals surface area contributed by atoms with Crippen molar-refractivity contribution in [1.82, 2.24) is 4.90 Å². The number of nitrogens with zero attached hydrogens (tertiary/aromatic N) is 2. The van der Waals surface area contributed by atoms with Gasteiger partial charge in [-0.25, -0.2) is 0 Å². The molecule has 0 saturated heterocycles. The van der Waals surface area contributed by atoms with Gasteiger partial charge >= 0.3 is 0 Å². The van der Waals surface area contributed by atoms with E-state index in [1.807, 2.05) is 11.8 Å². The lowest BCUT2D eigenvalue weighted by molar-refractivity contribution is 0.280. The molecule has 0 spiro atoms. The molecule has 14 heavy (non-hydrogen) atoms. The molecule has 2 atom stereocenters. The number of aliphatic imine (C=N–C) groups is 1. The Kier molecular flexibility index (Phi) is 2.08. The molecule has 2 heterocycles. The molecular formula is C11H16N2S. The van der Waals surface area contributed by atoms with Gasteiger partial charge in [0.25, 0.3) is 0 Å². The summed E-state index contributed by atoms with van der Waals surface area (Å²) < 4.78 is 0. The standard InChI is InChI=1S/C11H16N2S/c1-2-8-7-14-11-12-9-5-3-4-6-10(9)13(8)11/h7,9-10H,2-6H2,1H3. The van der Waals surface area contributed by atoms with Crippen molar-refractivity contribution in [2.75, 3.05) is 0 Å². The first-order valence-corrected chi connectivity index (χ1v) is 6.51. The molecule has 3 aliphatic rings. The molecule has 0 aromatic carbocycles. The lowest BCUT2D eigenvalue weighted by atomic mass is 9.90. The lowest BCUT2D eigenvalue weighted by Gasteiger charge is -2.31. The van der Waals surface area contributed by atoms with Gasteiger partial charge in [-0.2, -0.15) is 0 Å². The normalized spacial score (nSPS) is 35.1. The Labute approximate surface area is 89.5 Å². The van der Waals surface area contributed by atoms with Crippen LogP contribution in [0.5, 0.6) is 0 Å². The smallest absolute Gasteiger partial charge is 0.168 e. The van der Waals surface area contributed by atoms with E-state index in [4.69, 9.17) is 4.99 Å². The van der Waals surface area contributed by atoms with Crippen molar-refractivity contribution in [1.29, 1.82) is 0 Å². The fourth-order valence-electron chi connectivity index (χ4n) is 2.74. The van der Waals surface area contributed by atoms with E-state index in [1.165, 1.54) is 36.5 Å². The molecule has 2 unspecified atom stereocenters. The molecule has 76 valence electrons. The van der Waals surface area contributed by atoms with Crippen molar-refractivity contribution in [3.05, 3.63) is 11.1 Å². The van der Waals surface area contributed by atoms with Gasteiger partial charge in [-0.15, -0.1) is 0 Å². The summed E-state index contributed by atoms with van der Waals surface area (Å²) in [5.74, 6) is 0. The maximum atomic E-state index is 4.82. The Balaban J connectivity index is 1.88. The van der Waals surface area contributed by atoms with Gasteiger partial charge in [0, 0.05) is 5.70 Å². The van der Waals surface area contributed by atoms with Crippen molar-refractivity contribution in [2.45, 2.75) is 51.1 Å². The third-order valence-electron chi connectivity index (χ3n) is 3.48. The minimum Gasteiger partial charge on any atom is -0.319 e. The van der Waals surface area contributed by atoms with E-state index in [2.05, 4.69) is 17.2 Å². The van der Waals surface area contributed by atoms with Crippen LogP contribution < -0.4 is 0 Å². The average molecular weight is 208 g/mol. The molecule has 0 amide bonds. The minimum atomic E-state index is 0.612. The second-order valence-electron chi connectivity index (χ2n) is 4.28. The number of amidine groups is 1. The van der Waals surface area contributed by atoms with Crippen LogP contribution in [-0.4, -0.2) is 22.2 Å². The van der Waals surface area contributed by atoms with Gasteiger partial charge in [-0.05, 0) is 24.7 Å². The van der Waals surface area contributed by atoms with Crippen LogP contribution in [0.1, 0.15) is 39.0 Å². The van der Waals surface area contributed by atoms with Crippen LogP contribution in [0.25, 0.3) is 0 Å². The van der Waals surface area contributed by atoms with Crippen molar-refractivity contribution in [3.8, 4) is 0 Å². The van der Waals surface area contributed by atoms with Crippen LogP contribution in [0.15, 0.2) is 16.1 Å². The third-order valence-corrected chi connectivity index (χ3v) is 4.38. The molecule has 1 saturated carbocycles. The Morgan fingerprint density at radius 2 is 2.36 bits per heavy atom. The Bertz CT molecular complexity index is 308. The summed E-state index contributed by atoms with van der Waals surface area (Å²) in [7, 11) is 0. The number of rotatable bonds is 1. The molecule has 2 aliphatic heterocycles. The maximum absolute atomic E-state index is 4.82. The zero-order valence-corrected chi connectivity index (χ0v) is 9.39. The number of thioether (sulfide) groups is 1. The van der Waals surface area contributed by atoms with Crippen molar-refractivity contribution >= 4 is 16.9 Å². The van der Waals surface area contributed by atoms with Gasteiger partial charge in [-0.1, -0.05) is 31.5 Å². The first kappa shape index (κ1) is 8.84. The number of hydrogen-bond acceptors (Lipinski definition) is 3. The fraction of sp³-hybridized carbons (Fsp3) is 0.727. The van der Waals surface area contributed by atoms with Gasteiger partial charge in [0.2, 0.25) is 0 Å². The van der Waals surface area contributed by atoms with E-state index in [-0.39, 0.29) is 0 Å². The molecule has 0 aromatic rings. The predicted octanol–water partition coefficient (Wildman–Crippen LogP) is 2.97. The zero-order chi connectivity index (χ0) is 9.54. The molecule has 3 heteroatoms. The summed E-state index contributed by atoms with van der Waals surface area (Å²) >= 11 is 1.83. The average Bonchev–Trinajstić information content (AvgIpc) is 2.75. The van der Waals surface area contributed by atoms with Crippen LogP contribution in [-0.2, 0) is 0 Å². The van der Waals surface area contributed by atoms with Crippen LogP contribution in [0.4, 0.5) is 0 Å². The van der Waals surface area contributed by atoms with Crippen LogP contribution in [0, 0.1) is 0 Å². The highest BCUT2D eigenvalue weighted by atomic mass is 32.2. The van der Waals surface area contributed by atoms with E-state index in [0.29, 0.717) is 12.1 Å². The van der Waals surface area contributed by atoms with E-state index in [1.54, 1.807) is 0 Å². The van der Waals surface area contributed by atoms with Crippen molar-refractivity contribution in [3.63, 3.8) is 0 Å². The van der Waals surface area contributed by atoms with E-state index >= 15 is 0 Å². The van der Waals surface area contributed by atoms with E-state index < -0.39 is 0 Å². The van der Waals surface area contributed by atoms with E-state index in [0.717, 1.165) is 6.42 Å². The van der Waals surface area contributed by atoms with Crippen LogP contribution >= 0.6 is 11.8 Å². The molecule has 1 fully saturated rings. The molecule has 0 bridgehead atoms. The topological polar surface area (TPSA) is 15.6 Å². The fourth-order valence-corrected chi connectivity index (χ4v) is 3.83. The quantitative estimate of drug-likeness (QED) is 0.658. The largest absolute Gasteiger partial charge is 0.319 e. The molecule has 0 N–H and O–H groups in total. The highest BCUT2D eigenvalue weighted by Crippen LogP contribution is 2.41. The summed E-state index contributed by atoms with van der Waals surface area (Å²) in [6.07, 6.45) is 6.57. The minimum absolute atomic E-state index is 0.612. The molecule has 2 nitrogen and oxygen atoms in total. The summed E-state index contributed by atoms with van der Waals surface area (Å²) in [4.78, 5) is 7.33.